The van der Waals surface area contributed by atoms with Crippen molar-refractivity contribution in [3.8, 4) is 0 Å². The third-order valence-electron chi connectivity index (χ3n) is 1.90. The molecule has 14 heavy (non-hydrogen) atoms. The van der Waals surface area contributed by atoms with Crippen molar-refractivity contribution < 1.29 is 8.42 Å². The Morgan fingerprint density at radius 2 is 1.79 bits per heavy atom. The Morgan fingerprint density at radius 3 is 2.07 bits per heavy atom. The lowest BCUT2D eigenvalue weighted by Gasteiger charge is -2.27. The van der Waals surface area contributed by atoms with Gasteiger partial charge in [-0.25, -0.2) is 12.7 Å². The highest BCUT2D eigenvalue weighted by Crippen LogP contribution is 2.19. The summed E-state index contributed by atoms with van der Waals surface area (Å²) in [5.74, 6) is 0.188. The maximum atomic E-state index is 11.9. The first-order valence-corrected chi connectivity index (χ1v) is 7.35. The molecule has 0 heterocycles. The fourth-order valence-electron chi connectivity index (χ4n) is 1.02. The van der Waals surface area contributed by atoms with Crippen molar-refractivity contribution in [2.45, 2.75) is 33.7 Å². The standard InChI is InChI=1S/C9H20BrNO2S/c1-8(6-10)11(5)14(12,13)7-9(2,3)4/h8H,6-7H2,1-5H3. The summed E-state index contributed by atoms with van der Waals surface area (Å²) in [4.78, 5) is 0. The van der Waals surface area contributed by atoms with E-state index in [1.165, 1.54) is 4.31 Å². The molecule has 0 radical (unpaired) electrons. The van der Waals surface area contributed by atoms with Gasteiger partial charge in [-0.15, -0.1) is 0 Å². The van der Waals surface area contributed by atoms with E-state index in [2.05, 4.69) is 15.9 Å². The van der Waals surface area contributed by atoms with Crippen LogP contribution < -0.4 is 0 Å². The van der Waals surface area contributed by atoms with Gasteiger partial charge in [-0.05, 0) is 12.3 Å². The van der Waals surface area contributed by atoms with Gasteiger partial charge in [0.05, 0.1) is 5.75 Å². The van der Waals surface area contributed by atoms with E-state index in [1.54, 1.807) is 7.05 Å². The minimum absolute atomic E-state index is 0.00218. The van der Waals surface area contributed by atoms with Crippen LogP contribution in [0.25, 0.3) is 0 Å². The van der Waals surface area contributed by atoms with Crippen molar-refractivity contribution in [2.24, 2.45) is 5.41 Å². The highest BCUT2D eigenvalue weighted by molar-refractivity contribution is 9.09. The lowest BCUT2D eigenvalue weighted by atomic mass is 10.0. The van der Waals surface area contributed by atoms with Gasteiger partial charge in [-0.2, -0.15) is 0 Å². The summed E-state index contributed by atoms with van der Waals surface area (Å²) < 4.78 is 25.1. The van der Waals surface area contributed by atoms with Gasteiger partial charge < -0.3 is 0 Å². The van der Waals surface area contributed by atoms with E-state index in [0.717, 1.165) is 0 Å². The van der Waals surface area contributed by atoms with E-state index in [9.17, 15) is 8.42 Å². The maximum absolute atomic E-state index is 11.9. The van der Waals surface area contributed by atoms with E-state index in [1.807, 2.05) is 27.7 Å². The zero-order valence-corrected chi connectivity index (χ0v) is 11.9. The fourth-order valence-corrected chi connectivity index (χ4v) is 3.57. The number of hydrogen-bond donors (Lipinski definition) is 0. The summed E-state index contributed by atoms with van der Waals surface area (Å²) >= 11 is 3.28. The van der Waals surface area contributed by atoms with Crippen LogP contribution in [0.5, 0.6) is 0 Å². The number of nitrogens with zero attached hydrogens (tertiary/aromatic N) is 1. The van der Waals surface area contributed by atoms with Gasteiger partial charge in [0, 0.05) is 18.4 Å². The van der Waals surface area contributed by atoms with E-state index in [4.69, 9.17) is 0 Å². The molecule has 0 aromatic rings. The fraction of sp³-hybridized carbons (Fsp3) is 1.00. The molecule has 0 amide bonds. The van der Waals surface area contributed by atoms with E-state index < -0.39 is 10.0 Å². The Bertz CT molecular complexity index is 269. The smallest absolute Gasteiger partial charge is 0.212 e. The number of alkyl halides is 1. The van der Waals surface area contributed by atoms with E-state index in [-0.39, 0.29) is 17.2 Å². The molecule has 0 bridgehead atoms. The van der Waals surface area contributed by atoms with Crippen molar-refractivity contribution in [1.82, 2.24) is 4.31 Å². The van der Waals surface area contributed by atoms with Gasteiger partial charge in [0.25, 0.3) is 0 Å². The Labute approximate surface area is 96.0 Å². The van der Waals surface area contributed by atoms with Crippen LogP contribution in [0.2, 0.25) is 0 Å². The number of hydrogen-bond acceptors (Lipinski definition) is 2. The summed E-state index contributed by atoms with van der Waals surface area (Å²) in [5.41, 5.74) is -0.195. The molecule has 0 N–H and O–H groups in total. The number of halogens is 1. The largest absolute Gasteiger partial charge is 0.214 e. The first kappa shape index (κ1) is 14.4. The van der Waals surface area contributed by atoms with Crippen LogP contribution in [-0.4, -0.2) is 36.9 Å². The molecule has 0 aliphatic carbocycles. The van der Waals surface area contributed by atoms with Crippen LogP contribution in [-0.2, 0) is 10.0 Å². The Balaban J connectivity index is 4.64. The second-order valence-corrected chi connectivity index (χ2v) is 7.51. The zero-order valence-electron chi connectivity index (χ0n) is 9.54. The molecule has 3 nitrogen and oxygen atoms in total. The van der Waals surface area contributed by atoms with Gasteiger partial charge in [0.1, 0.15) is 0 Å². The molecule has 0 spiro atoms. The van der Waals surface area contributed by atoms with Crippen molar-refractivity contribution in [2.75, 3.05) is 18.1 Å². The normalized spacial score (nSPS) is 15.9. The van der Waals surface area contributed by atoms with Gasteiger partial charge in [-0.1, -0.05) is 36.7 Å². The van der Waals surface area contributed by atoms with E-state index in [0.29, 0.717) is 5.33 Å². The second kappa shape index (κ2) is 4.94. The molecular formula is C9H20BrNO2S. The first-order chi connectivity index (χ1) is 6.10. The van der Waals surface area contributed by atoms with Crippen LogP contribution in [0.1, 0.15) is 27.7 Å². The van der Waals surface area contributed by atoms with Crippen molar-refractivity contribution >= 4 is 26.0 Å². The number of sulfonamides is 1. The monoisotopic (exact) mass is 285 g/mol. The quantitative estimate of drug-likeness (QED) is 0.742. The summed E-state index contributed by atoms with van der Waals surface area (Å²) in [7, 11) is -1.49. The molecule has 0 saturated carbocycles. The summed E-state index contributed by atoms with van der Waals surface area (Å²) in [6.07, 6.45) is 0. The molecule has 0 aliphatic heterocycles. The molecule has 1 atom stereocenters. The molecule has 0 saturated heterocycles. The average molecular weight is 286 g/mol. The lowest BCUT2D eigenvalue weighted by molar-refractivity contribution is 0.391. The first-order valence-electron chi connectivity index (χ1n) is 4.62. The van der Waals surface area contributed by atoms with Gasteiger partial charge in [0.2, 0.25) is 10.0 Å². The van der Waals surface area contributed by atoms with Crippen LogP contribution in [0.3, 0.4) is 0 Å². The highest BCUT2D eigenvalue weighted by Gasteiger charge is 2.27. The van der Waals surface area contributed by atoms with E-state index >= 15 is 0 Å². The van der Waals surface area contributed by atoms with Gasteiger partial charge >= 0.3 is 0 Å². The molecular weight excluding hydrogens is 266 g/mol. The molecule has 86 valence electrons. The predicted molar refractivity (Wildman–Crippen MR) is 64.3 cm³/mol. The summed E-state index contributed by atoms with van der Waals surface area (Å²) in [6, 6.07) is 0.00218. The molecule has 0 fully saturated rings. The van der Waals surface area contributed by atoms with Crippen molar-refractivity contribution in [3.05, 3.63) is 0 Å². The van der Waals surface area contributed by atoms with Crippen LogP contribution in [0.15, 0.2) is 0 Å². The third-order valence-corrected chi connectivity index (χ3v) is 5.30. The molecule has 0 aliphatic rings. The average Bonchev–Trinajstić information content (AvgIpc) is 1.97. The maximum Gasteiger partial charge on any atom is 0.214 e. The van der Waals surface area contributed by atoms with Crippen molar-refractivity contribution in [3.63, 3.8) is 0 Å². The Morgan fingerprint density at radius 1 is 1.36 bits per heavy atom. The predicted octanol–water partition coefficient (Wildman–Crippen LogP) is 2.08. The molecule has 0 rings (SSSR count). The third kappa shape index (κ3) is 4.75. The highest BCUT2D eigenvalue weighted by atomic mass is 79.9. The van der Waals surface area contributed by atoms with Crippen LogP contribution in [0.4, 0.5) is 0 Å². The molecule has 1 unspecified atom stereocenters. The minimum atomic E-state index is -3.13. The SMILES string of the molecule is CC(CBr)N(C)S(=O)(=O)CC(C)(C)C. The molecule has 0 aromatic heterocycles. The summed E-state index contributed by atoms with van der Waals surface area (Å²) in [5, 5.41) is 0.660. The summed E-state index contributed by atoms with van der Waals surface area (Å²) in [6.45, 7) is 7.67. The zero-order chi connectivity index (χ0) is 11.6. The molecule has 0 aromatic carbocycles. The molecule has 5 heteroatoms. The second-order valence-electron chi connectivity index (χ2n) is 4.84. The minimum Gasteiger partial charge on any atom is -0.212 e. The lowest BCUT2D eigenvalue weighted by Crippen LogP contribution is -2.40. The Kier molecular flexibility index (Phi) is 5.08. The Hall–Kier alpha value is 0.390. The van der Waals surface area contributed by atoms with Crippen LogP contribution >= 0.6 is 15.9 Å². The number of rotatable bonds is 4. The topological polar surface area (TPSA) is 37.4 Å². The van der Waals surface area contributed by atoms with Crippen LogP contribution in [0, 0.1) is 5.41 Å². The van der Waals surface area contributed by atoms with Crippen molar-refractivity contribution in [1.29, 1.82) is 0 Å². The van der Waals surface area contributed by atoms with Gasteiger partial charge in [0.15, 0.2) is 0 Å². The van der Waals surface area contributed by atoms with Gasteiger partial charge in [-0.3, -0.25) is 0 Å².